The second kappa shape index (κ2) is 5.13. The minimum atomic E-state index is 0.747. The Morgan fingerprint density at radius 2 is 2.18 bits per heavy atom. The van der Waals surface area contributed by atoms with Crippen LogP contribution in [0.5, 0.6) is 0 Å². The lowest BCUT2D eigenvalue weighted by atomic mass is 10.1. The average Bonchev–Trinajstić information content (AvgIpc) is 2.07. The highest BCUT2D eigenvalue weighted by Crippen LogP contribution is 1.98. The molecule has 0 aromatic heterocycles. The molecule has 0 radical (unpaired) electrons. The molecule has 0 aromatic rings. The van der Waals surface area contributed by atoms with Gasteiger partial charge in [0.25, 0.3) is 0 Å². The number of nitrogens with one attached hydrogen (secondary N) is 1. The molecule has 11 heavy (non-hydrogen) atoms. The van der Waals surface area contributed by atoms with E-state index in [9.17, 15) is 0 Å². The minimum Gasteiger partial charge on any atom is -0.396 e. The summed E-state index contributed by atoms with van der Waals surface area (Å²) in [5.41, 5.74) is 1.21. The molecule has 0 saturated carbocycles. The lowest BCUT2D eigenvalue weighted by Gasteiger charge is -2.12. The molecule has 64 valence electrons. The van der Waals surface area contributed by atoms with Gasteiger partial charge in [0.2, 0.25) is 0 Å². The third-order valence-electron chi connectivity index (χ3n) is 1.67. The Bertz CT molecular complexity index is 126. The summed E-state index contributed by atoms with van der Waals surface area (Å²) >= 11 is 0. The second-order valence-corrected chi connectivity index (χ2v) is 2.74. The van der Waals surface area contributed by atoms with Crippen molar-refractivity contribution in [2.24, 2.45) is 5.16 Å². The van der Waals surface area contributed by atoms with E-state index >= 15 is 0 Å². The van der Waals surface area contributed by atoms with Gasteiger partial charge in [0.1, 0.15) is 6.61 Å². The zero-order valence-electron chi connectivity index (χ0n) is 7.10. The first-order chi connectivity index (χ1) is 5.43. The molecule has 1 heterocycles. The van der Waals surface area contributed by atoms with Gasteiger partial charge in [-0.25, -0.2) is 0 Å². The van der Waals surface area contributed by atoms with Gasteiger partial charge in [0.05, 0.1) is 5.71 Å². The van der Waals surface area contributed by atoms with E-state index in [-0.39, 0.29) is 0 Å². The molecule has 0 bridgehead atoms. The van der Waals surface area contributed by atoms with Crippen LogP contribution in [0.25, 0.3) is 0 Å². The van der Waals surface area contributed by atoms with Crippen molar-refractivity contribution in [1.82, 2.24) is 5.32 Å². The summed E-state index contributed by atoms with van der Waals surface area (Å²) in [4.78, 5) is 5.08. The number of piperidine rings is 1. The summed E-state index contributed by atoms with van der Waals surface area (Å²) in [5, 5.41) is 7.32. The van der Waals surface area contributed by atoms with E-state index in [1.807, 2.05) is 0 Å². The zero-order chi connectivity index (χ0) is 7.94. The first kappa shape index (κ1) is 8.53. The summed E-state index contributed by atoms with van der Waals surface area (Å²) < 4.78 is 0. The van der Waals surface area contributed by atoms with Gasteiger partial charge in [-0.2, -0.15) is 0 Å². The van der Waals surface area contributed by atoms with Crippen LogP contribution in [0.2, 0.25) is 0 Å². The summed E-state index contributed by atoms with van der Waals surface area (Å²) in [7, 11) is 0. The second-order valence-electron chi connectivity index (χ2n) is 2.74. The van der Waals surface area contributed by atoms with Crippen LogP contribution in [0.3, 0.4) is 0 Å². The molecule has 3 heteroatoms. The molecule has 1 fully saturated rings. The van der Waals surface area contributed by atoms with Gasteiger partial charge in [0, 0.05) is 25.9 Å². The third-order valence-corrected chi connectivity index (χ3v) is 1.67. The SMILES string of the molecule is CCCON=C1CCNCC1. The van der Waals surface area contributed by atoms with Crippen molar-refractivity contribution in [3.05, 3.63) is 0 Å². The molecular formula is C8H16N2O. The van der Waals surface area contributed by atoms with Gasteiger partial charge < -0.3 is 10.2 Å². The molecule has 0 aromatic carbocycles. The van der Waals surface area contributed by atoms with Crippen LogP contribution < -0.4 is 5.32 Å². The van der Waals surface area contributed by atoms with Gasteiger partial charge in [-0.1, -0.05) is 12.1 Å². The molecule has 1 N–H and O–H groups in total. The maximum atomic E-state index is 5.08. The predicted molar refractivity (Wildman–Crippen MR) is 45.8 cm³/mol. The van der Waals surface area contributed by atoms with E-state index in [1.54, 1.807) is 0 Å². The standard InChI is InChI=1S/C8H16N2O/c1-2-7-11-10-8-3-5-9-6-4-8/h9H,2-7H2,1H3. The van der Waals surface area contributed by atoms with Crippen molar-refractivity contribution in [2.75, 3.05) is 19.7 Å². The van der Waals surface area contributed by atoms with Crippen LogP contribution in [0, 0.1) is 0 Å². The number of oxime groups is 1. The number of hydrogen-bond donors (Lipinski definition) is 1. The molecule has 1 rings (SSSR count). The van der Waals surface area contributed by atoms with Gasteiger partial charge in [-0.3, -0.25) is 0 Å². The van der Waals surface area contributed by atoms with E-state index < -0.39 is 0 Å². The molecule has 1 aliphatic rings. The summed E-state index contributed by atoms with van der Waals surface area (Å²) in [6, 6.07) is 0. The van der Waals surface area contributed by atoms with Gasteiger partial charge in [0.15, 0.2) is 0 Å². The first-order valence-electron chi connectivity index (χ1n) is 4.32. The van der Waals surface area contributed by atoms with Crippen LogP contribution in [0.1, 0.15) is 26.2 Å². The molecule has 0 aliphatic carbocycles. The van der Waals surface area contributed by atoms with Crippen molar-refractivity contribution in [3.8, 4) is 0 Å². The van der Waals surface area contributed by atoms with E-state index in [0.717, 1.165) is 39.0 Å². The molecule has 0 atom stereocenters. The summed E-state index contributed by atoms with van der Waals surface area (Å²) in [5.74, 6) is 0. The minimum absolute atomic E-state index is 0.747. The Hall–Kier alpha value is -0.570. The quantitative estimate of drug-likeness (QED) is 0.491. The third kappa shape index (κ3) is 3.37. The van der Waals surface area contributed by atoms with E-state index in [2.05, 4.69) is 17.4 Å². The molecular weight excluding hydrogens is 140 g/mol. The Morgan fingerprint density at radius 1 is 1.45 bits per heavy atom. The van der Waals surface area contributed by atoms with Gasteiger partial charge in [-0.15, -0.1) is 0 Å². The Morgan fingerprint density at radius 3 is 2.82 bits per heavy atom. The fourth-order valence-electron chi connectivity index (χ4n) is 1.03. The van der Waals surface area contributed by atoms with Crippen molar-refractivity contribution >= 4 is 5.71 Å². The molecule has 0 spiro atoms. The van der Waals surface area contributed by atoms with Crippen LogP contribution >= 0.6 is 0 Å². The Kier molecular flexibility index (Phi) is 3.98. The Labute approximate surface area is 67.8 Å². The molecule has 1 aliphatic heterocycles. The molecule has 3 nitrogen and oxygen atoms in total. The van der Waals surface area contributed by atoms with E-state index in [4.69, 9.17) is 4.84 Å². The number of nitrogens with zero attached hydrogens (tertiary/aromatic N) is 1. The first-order valence-corrected chi connectivity index (χ1v) is 4.32. The van der Waals surface area contributed by atoms with Crippen LogP contribution in [0.15, 0.2) is 5.16 Å². The van der Waals surface area contributed by atoms with Crippen molar-refractivity contribution in [1.29, 1.82) is 0 Å². The van der Waals surface area contributed by atoms with Crippen molar-refractivity contribution in [2.45, 2.75) is 26.2 Å². The topological polar surface area (TPSA) is 33.6 Å². The smallest absolute Gasteiger partial charge is 0.116 e. The molecule has 0 unspecified atom stereocenters. The zero-order valence-corrected chi connectivity index (χ0v) is 7.10. The summed E-state index contributed by atoms with van der Waals surface area (Å²) in [6.45, 7) is 4.93. The fraction of sp³-hybridized carbons (Fsp3) is 0.875. The highest BCUT2D eigenvalue weighted by atomic mass is 16.6. The highest BCUT2D eigenvalue weighted by Gasteiger charge is 2.05. The summed E-state index contributed by atoms with van der Waals surface area (Å²) in [6.07, 6.45) is 3.13. The highest BCUT2D eigenvalue weighted by molar-refractivity contribution is 5.84. The van der Waals surface area contributed by atoms with Crippen LogP contribution in [-0.2, 0) is 4.84 Å². The largest absolute Gasteiger partial charge is 0.396 e. The number of hydrogen-bond acceptors (Lipinski definition) is 3. The van der Waals surface area contributed by atoms with Gasteiger partial charge in [-0.05, 0) is 6.42 Å². The number of rotatable bonds is 3. The van der Waals surface area contributed by atoms with Crippen LogP contribution in [-0.4, -0.2) is 25.4 Å². The predicted octanol–water partition coefficient (Wildman–Crippen LogP) is 1.15. The molecule has 0 amide bonds. The van der Waals surface area contributed by atoms with Crippen LogP contribution in [0.4, 0.5) is 0 Å². The Balaban J connectivity index is 2.15. The lowest BCUT2D eigenvalue weighted by molar-refractivity contribution is 0.143. The monoisotopic (exact) mass is 156 g/mol. The van der Waals surface area contributed by atoms with E-state index in [0.29, 0.717) is 0 Å². The molecule has 1 saturated heterocycles. The lowest BCUT2D eigenvalue weighted by Crippen LogP contribution is -2.27. The average molecular weight is 156 g/mol. The van der Waals surface area contributed by atoms with Crippen molar-refractivity contribution < 1.29 is 4.84 Å². The van der Waals surface area contributed by atoms with E-state index in [1.165, 1.54) is 5.71 Å². The maximum Gasteiger partial charge on any atom is 0.116 e. The normalized spacial score (nSPS) is 18.1. The van der Waals surface area contributed by atoms with Crippen molar-refractivity contribution in [3.63, 3.8) is 0 Å². The fourth-order valence-corrected chi connectivity index (χ4v) is 1.03. The maximum absolute atomic E-state index is 5.08. The van der Waals surface area contributed by atoms with Gasteiger partial charge >= 0.3 is 0 Å².